The average molecular weight is 475 g/mol. The Morgan fingerprint density at radius 2 is 1.71 bits per heavy atom. The highest BCUT2D eigenvalue weighted by Gasteiger charge is 2.31. The minimum atomic E-state index is -4.49. The van der Waals surface area contributed by atoms with Crippen LogP contribution in [0, 0.1) is 11.8 Å². The van der Waals surface area contributed by atoms with Gasteiger partial charge in [-0.3, -0.25) is 14.6 Å². The Labute approximate surface area is 191 Å². The number of amides is 2. The third kappa shape index (κ3) is 4.96. The van der Waals surface area contributed by atoms with E-state index < -0.39 is 29.6 Å². The van der Waals surface area contributed by atoms with E-state index >= 15 is 0 Å². The molecule has 178 valence electrons. The van der Waals surface area contributed by atoms with E-state index in [0.717, 1.165) is 29.3 Å². The van der Waals surface area contributed by atoms with Gasteiger partial charge in [-0.1, -0.05) is 12.1 Å². The van der Waals surface area contributed by atoms with Crippen LogP contribution in [0.15, 0.2) is 53.7 Å². The molecule has 0 aliphatic carbocycles. The molecule has 0 radical (unpaired) electrons. The van der Waals surface area contributed by atoms with Crippen LogP contribution in [0.5, 0.6) is 11.6 Å². The molecule has 1 atom stereocenters. The topological polar surface area (TPSA) is 120 Å². The van der Waals surface area contributed by atoms with Crippen LogP contribution in [0.2, 0.25) is 0 Å². The van der Waals surface area contributed by atoms with Crippen molar-refractivity contribution in [2.24, 2.45) is 18.1 Å². The Bertz CT molecular complexity index is 1220. The average Bonchev–Trinajstić information content (AvgIpc) is 3.09. The lowest BCUT2D eigenvalue weighted by Gasteiger charge is -2.25. The number of carbonyl (C=O) groups is 2. The molecule has 1 heterocycles. The molecule has 0 spiro atoms. The first-order valence-corrected chi connectivity index (χ1v) is 9.88. The molecule has 3 rings (SSSR count). The second kappa shape index (κ2) is 9.43. The smallest absolute Gasteiger partial charge is 0.416 e. The van der Waals surface area contributed by atoms with Crippen LogP contribution in [0.3, 0.4) is 0 Å². The van der Waals surface area contributed by atoms with Crippen molar-refractivity contribution in [2.75, 3.05) is 0 Å². The normalized spacial score (nSPS) is 12.2. The van der Waals surface area contributed by atoms with E-state index in [1.165, 1.54) is 36.0 Å². The molecule has 34 heavy (non-hydrogen) atoms. The summed E-state index contributed by atoms with van der Waals surface area (Å²) in [7, 11) is 1.52. The Kier molecular flexibility index (Phi) is 6.82. The number of rotatable bonds is 6. The number of alkyl halides is 3. The van der Waals surface area contributed by atoms with Crippen molar-refractivity contribution in [1.29, 1.82) is 0 Å². The molecule has 0 saturated heterocycles. The summed E-state index contributed by atoms with van der Waals surface area (Å²) in [6.45, 7) is 3.22. The van der Waals surface area contributed by atoms with Gasteiger partial charge in [0.05, 0.1) is 17.3 Å². The molecular weight excluding hydrogens is 455 g/mol. The minimum Gasteiger partial charge on any atom is -0.438 e. The van der Waals surface area contributed by atoms with Crippen LogP contribution in [-0.2, 0) is 13.2 Å². The molecule has 0 aliphatic heterocycles. The number of ether oxygens (including phenoxy) is 1. The Morgan fingerprint density at radius 1 is 1.12 bits per heavy atom. The number of hydrazine groups is 1. The van der Waals surface area contributed by atoms with Gasteiger partial charge in [-0.25, -0.2) is 10.5 Å². The van der Waals surface area contributed by atoms with Crippen LogP contribution in [0.1, 0.15) is 50.5 Å². The summed E-state index contributed by atoms with van der Waals surface area (Å²) >= 11 is 0. The SMILES string of the molecule is Cc1nn(C)c(Oc2ccc(C(F)(F)F)cc2)c1C(=O)N(N)[C@@H](C)c1ccc(C(=O)N=O)cc1. The second-order valence-corrected chi connectivity index (χ2v) is 7.42. The third-order valence-corrected chi connectivity index (χ3v) is 5.15. The predicted octanol–water partition coefficient (Wildman–Crippen LogP) is 4.52. The van der Waals surface area contributed by atoms with Gasteiger partial charge in [0.2, 0.25) is 5.88 Å². The number of benzene rings is 2. The highest BCUT2D eigenvalue weighted by Crippen LogP contribution is 2.33. The van der Waals surface area contributed by atoms with E-state index in [9.17, 15) is 27.7 Å². The van der Waals surface area contributed by atoms with Crippen molar-refractivity contribution in [3.05, 3.63) is 81.4 Å². The van der Waals surface area contributed by atoms with E-state index in [2.05, 4.69) is 10.3 Å². The number of halogens is 3. The van der Waals surface area contributed by atoms with Gasteiger partial charge >= 0.3 is 12.1 Å². The van der Waals surface area contributed by atoms with Gasteiger partial charge in [-0.15, -0.1) is 4.91 Å². The maximum absolute atomic E-state index is 13.2. The summed E-state index contributed by atoms with van der Waals surface area (Å²) in [5, 5.41) is 7.47. The highest BCUT2D eigenvalue weighted by molar-refractivity contribution is 5.97. The van der Waals surface area contributed by atoms with Crippen molar-refractivity contribution in [3.8, 4) is 11.6 Å². The first-order valence-electron chi connectivity index (χ1n) is 9.88. The first kappa shape index (κ1) is 24.6. The number of carbonyl (C=O) groups excluding carboxylic acids is 2. The van der Waals surface area contributed by atoms with E-state index in [0.29, 0.717) is 11.3 Å². The molecule has 0 bridgehead atoms. The molecular formula is C22H20F3N5O4. The Balaban J connectivity index is 1.86. The van der Waals surface area contributed by atoms with Gasteiger partial charge in [0.1, 0.15) is 11.3 Å². The standard InChI is InChI=1S/C22H20F3N5O4/c1-12-18(20(32)30(26)13(2)14-4-6-15(7-5-14)19(31)28-33)21(29(3)27-12)34-17-10-8-16(9-11-17)22(23,24)25/h4-11,13H,26H2,1-3H3/t13-/m0/s1. The zero-order valence-corrected chi connectivity index (χ0v) is 18.3. The number of hydrogen-bond acceptors (Lipinski definition) is 6. The molecule has 2 N–H and O–H groups in total. The molecule has 0 fully saturated rings. The van der Waals surface area contributed by atoms with E-state index in [-0.39, 0.29) is 22.8 Å². The maximum Gasteiger partial charge on any atom is 0.416 e. The largest absolute Gasteiger partial charge is 0.438 e. The van der Waals surface area contributed by atoms with Crippen LogP contribution in [0.25, 0.3) is 0 Å². The quantitative estimate of drug-likeness (QED) is 0.242. The fourth-order valence-corrected chi connectivity index (χ4v) is 3.25. The molecule has 0 saturated carbocycles. The summed E-state index contributed by atoms with van der Waals surface area (Å²) in [4.78, 5) is 35.0. The van der Waals surface area contributed by atoms with Crippen molar-refractivity contribution < 1.29 is 27.5 Å². The van der Waals surface area contributed by atoms with Crippen molar-refractivity contribution >= 4 is 11.8 Å². The minimum absolute atomic E-state index is 0.00270. The molecule has 0 unspecified atom stereocenters. The van der Waals surface area contributed by atoms with Gasteiger partial charge in [0.25, 0.3) is 5.91 Å². The lowest BCUT2D eigenvalue weighted by molar-refractivity contribution is -0.137. The summed E-state index contributed by atoms with van der Waals surface area (Å²) < 4.78 is 45.4. The van der Waals surface area contributed by atoms with Crippen LogP contribution in [0.4, 0.5) is 13.2 Å². The number of hydrogen-bond donors (Lipinski definition) is 1. The van der Waals surface area contributed by atoms with Gasteiger partial charge in [0, 0.05) is 17.8 Å². The van der Waals surface area contributed by atoms with Crippen LogP contribution >= 0.6 is 0 Å². The summed E-state index contributed by atoms with van der Waals surface area (Å²) in [5.41, 5.74) is 0.168. The van der Waals surface area contributed by atoms with Gasteiger partial charge in [0.15, 0.2) is 0 Å². The molecule has 12 heteroatoms. The van der Waals surface area contributed by atoms with Gasteiger partial charge < -0.3 is 4.74 Å². The molecule has 2 aromatic carbocycles. The zero-order valence-electron chi connectivity index (χ0n) is 18.3. The summed E-state index contributed by atoms with van der Waals surface area (Å²) in [5.74, 6) is 4.60. The van der Waals surface area contributed by atoms with Gasteiger partial charge in [-0.2, -0.15) is 18.3 Å². The third-order valence-electron chi connectivity index (χ3n) is 5.15. The Morgan fingerprint density at radius 3 is 2.24 bits per heavy atom. The fourth-order valence-electron chi connectivity index (χ4n) is 3.25. The summed E-state index contributed by atoms with van der Waals surface area (Å²) in [6.07, 6.45) is -4.49. The lowest BCUT2D eigenvalue weighted by Crippen LogP contribution is -2.39. The highest BCUT2D eigenvalue weighted by atomic mass is 19.4. The maximum atomic E-state index is 13.2. The van der Waals surface area contributed by atoms with Gasteiger partial charge in [-0.05, 0) is 55.8 Å². The molecule has 3 aromatic rings. The zero-order chi connectivity index (χ0) is 25.2. The summed E-state index contributed by atoms with van der Waals surface area (Å²) in [6, 6.07) is 9.21. The predicted molar refractivity (Wildman–Crippen MR) is 115 cm³/mol. The molecule has 1 aromatic heterocycles. The van der Waals surface area contributed by atoms with Crippen molar-refractivity contribution in [3.63, 3.8) is 0 Å². The number of aryl methyl sites for hydroxylation is 2. The number of nitroso groups, excluding NO2 is 1. The van der Waals surface area contributed by atoms with E-state index in [1.54, 1.807) is 13.8 Å². The Hall–Kier alpha value is -4.06. The monoisotopic (exact) mass is 475 g/mol. The molecule has 9 nitrogen and oxygen atoms in total. The van der Waals surface area contributed by atoms with E-state index in [1.807, 2.05) is 0 Å². The first-order chi connectivity index (χ1) is 15.9. The molecule has 2 amide bonds. The lowest BCUT2D eigenvalue weighted by atomic mass is 10.0. The fraction of sp³-hybridized carbons (Fsp3) is 0.227. The van der Waals surface area contributed by atoms with Crippen molar-refractivity contribution in [2.45, 2.75) is 26.1 Å². The number of nitrogens with zero attached hydrogens (tertiary/aromatic N) is 4. The van der Waals surface area contributed by atoms with Crippen LogP contribution in [-0.4, -0.2) is 26.6 Å². The van der Waals surface area contributed by atoms with Crippen LogP contribution < -0.4 is 10.6 Å². The number of aromatic nitrogens is 2. The van der Waals surface area contributed by atoms with Crippen molar-refractivity contribution in [1.82, 2.24) is 14.8 Å². The molecule has 0 aliphatic rings. The van der Waals surface area contributed by atoms with E-state index in [4.69, 9.17) is 10.6 Å². The number of nitrogens with two attached hydrogens (primary N) is 1. The second-order valence-electron chi connectivity index (χ2n) is 7.42.